The maximum atomic E-state index is 16.5. The number of aryl methyl sites for hydroxylation is 1. The summed E-state index contributed by atoms with van der Waals surface area (Å²) in [6.45, 7) is 9.91. The van der Waals surface area contributed by atoms with Gasteiger partial charge in [0.15, 0.2) is 5.82 Å². The molecule has 6 nitrogen and oxygen atoms in total. The molecule has 36 heavy (non-hydrogen) atoms. The van der Waals surface area contributed by atoms with Crippen molar-refractivity contribution in [2.24, 2.45) is 0 Å². The van der Waals surface area contributed by atoms with Crippen molar-refractivity contribution in [3.63, 3.8) is 0 Å². The number of fused-ring (bicyclic) bond motifs is 4. The van der Waals surface area contributed by atoms with Crippen LogP contribution in [0.15, 0.2) is 36.5 Å². The van der Waals surface area contributed by atoms with E-state index in [1.165, 1.54) is 0 Å². The quantitative estimate of drug-likeness (QED) is 0.400. The molecule has 2 aliphatic rings. The smallest absolute Gasteiger partial charge is 0.175 e. The van der Waals surface area contributed by atoms with Crippen LogP contribution in [0.5, 0.6) is 5.75 Å². The highest BCUT2D eigenvalue weighted by Gasteiger charge is 2.34. The normalized spacial score (nSPS) is 20.0. The number of aromatic nitrogens is 3. The van der Waals surface area contributed by atoms with Crippen LogP contribution in [0.4, 0.5) is 10.2 Å². The summed E-state index contributed by atoms with van der Waals surface area (Å²) in [5, 5.41) is 16.5. The number of aromatic hydroxyl groups is 1. The van der Waals surface area contributed by atoms with E-state index in [0.717, 1.165) is 54.5 Å². The Hall–Kier alpha value is -3.32. The Labute approximate surface area is 210 Å². The van der Waals surface area contributed by atoms with E-state index in [4.69, 9.17) is 9.97 Å². The molecule has 0 radical (unpaired) electrons. The number of pyridine rings is 1. The van der Waals surface area contributed by atoms with Crippen LogP contribution in [0.25, 0.3) is 32.9 Å². The van der Waals surface area contributed by atoms with Crippen molar-refractivity contribution < 1.29 is 9.50 Å². The van der Waals surface area contributed by atoms with Crippen LogP contribution in [0.2, 0.25) is 0 Å². The molecule has 7 heteroatoms. The molecule has 0 spiro atoms. The fourth-order valence-corrected chi connectivity index (χ4v) is 5.75. The average Bonchev–Trinajstić information content (AvgIpc) is 3.19. The third kappa shape index (κ3) is 3.77. The maximum Gasteiger partial charge on any atom is 0.175 e. The monoisotopic (exact) mass is 485 g/mol. The number of piperazine rings is 1. The van der Waals surface area contributed by atoms with E-state index in [1.807, 2.05) is 18.2 Å². The Morgan fingerprint density at radius 3 is 2.56 bits per heavy atom. The number of hydrogen-bond acceptors (Lipinski definition) is 6. The lowest BCUT2D eigenvalue weighted by atomic mass is 9.94. The number of benzene rings is 2. The van der Waals surface area contributed by atoms with Crippen LogP contribution in [0, 0.1) is 5.82 Å². The van der Waals surface area contributed by atoms with Gasteiger partial charge in [0.25, 0.3) is 0 Å². The number of anilines is 1. The average molecular weight is 486 g/mol. The van der Waals surface area contributed by atoms with Crippen molar-refractivity contribution in [2.75, 3.05) is 18.0 Å². The van der Waals surface area contributed by atoms with Gasteiger partial charge in [0, 0.05) is 42.3 Å². The van der Waals surface area contributed by atoms with E-state index in [2.05, 4.69) is 42.9 Å². The molecule has 2 fully saturated rings. The lowest BCUT2D eigenvalue weighted by Crippen LogP contribution is -2.51. The molecule has 2 saturated heterocycles. The number of phenols is 1. The second kappa shape index (κ2) is 8.37. The summed E-state index contributed by atoms with van der Waals surface area (Å²) < 4.78 is 16.5. The first-order valence-corrected chi connectivity index (χ1v) is 12.9. The number of rotatable bonds is 3. The van der Waals surface area contributed by atoms with Gasteiger partial charge in [-0.3, -0.25) is 4.98 Å². The first-order chi connectivity index (χ1) is 17.2. The fraction of sp³-hybridized carbons (Fsp3) is 0.414. The molecule has 186 valence electrons. The summed E-state index contributed by atoms with van der Waals surface area (Å²) in [5.41, 5.74) is 1.80. The summed E-state index contributed by atoms with van der Waals surface area (Å²) in [4.78, 5) is 16.6. The van der Waals surface area contributed by atoms with E-state index < -0.39 is 5.82 Å². The van der Waals surface area contributed by atoms with Gasteiger partial charge in [-0.15, -0.1) is 0 Å². The minimum atomic E-state index is -0.474. The summed E-state index contributed by atoms with van der Waals surface area (Å²) in [5.74, 6) is 0.984. The van der Waals surface area contributed by atoms with Crippen LogP contribution in [0.3, 0.4) is 0 Å². The van der Waals surface area contributed by atoms with Gasteiger partial charge in [0.2, 0.25) is 0 Å². The second-order valence-electron chi connectivity index (χ2n) is 11.2. The first-order valence-electron chi connectivity index (χ1n) is 12.9. The fourth-order valence-electron chi connectivity index (χ4n) is 5.75. The Morgan fingerprint density at radius 1 is 1.11 bits per heavy atom. The second-order valence-corrected chi connectivity index (χ2v) is 11.2. The van der Waals surface area contributed by atoms with Gasteiger partial charge >= 0.3 is 0 Å². The van der Waals surface area contributed by atoms with Gasteiger partial charge in [-0.1, -0.05) is 45.9 Å². The number of phenolic OH excluding ortho intramolecular Hbond substituents is 1. The SMILES string of the molecule is CCc1cccc2cc(O)cc(-c3ncc4c(N5CC6CCC(C5)N6)nc(C(C)(C)C)nc4c3F)c12. The number of nitrogens with one attached hydrogen (secondary N) is 1. The van der Waals surface area contributed by atoms with Gasteiger partial charge in [-0.25, -0.2) is 14.4 Å². The highest BCUT2D eigenvalue weighted by Crippen LogP contribution is 2.39. The largest absolute Gasteiger partial charge is 0.508 e. The van der Waals surface area contributed by atoms with E-state index in [9.17, 15) is 5.11 Å². The Bertz CT molecular complexity index is 1480. The molecule has 6 rings (SSSR count). The zero-order chi connectivity index (χ0) is 25.2. The van der Waals surface area contributed by atoms with E-state index in [0.29, 0.717) is 28.9 Å². The molecule has 2 unspecified atom stereocenters. The highest BCUT2D eigenvalue weighted by molar-refractivity contribution is 6.01. The molecule has 0 amide bonds. The highest BCUT2D eigenvalue weighted by atomic mass is 19.1. The van der Waals surface area contributed by atoms with E-state index in [1.54, 1.807) is 18.3 Å². The molecule has 2 aromatic heterocycles. The van der Waals surface area contributed by atoms with Crippen molar-refractivity contribution in [3.05, 3.63) is 53.7 Å². The summed E-state index contributed by atoms with van der Waals surface area (Å²) in [6.07, 6.45) is 4.80. The molecule has 2 atom stereocenters. The molecule has 4 aromatic rings. The van der Waals surface area contributed by atoms with Crippen LogP contribution in [0.1, 0.15) is 51.9 Å². The Balaban J connectivity index is 1.60. The Kier molecular flexibility index (Phi) is 5.37. The minimum Gasteiger partial charge on any atom is -0.508 e. The molecule has 2 bridgehead atoms. The van der Waals surface area contributed by atoms with Gasteiger partial charge in [-0.2, -0.15) is 0 Å². The summed E-state index contributed by atoms with van der Waals surface area (Å²) in [7, 11) is 0. The van der Waals surface area contributed by atoms with Crippen LogP contribution < -0.4 is 10.2 Å². The van der Waals surface area contributed by atoms with Crippen molar-refractivity contribution >= 4 is 27.5 Å². The van der Waals surface area contributed by atoms with E-state index >= 15 is 4.39 Å². The maximum absolute atomic E-state index is 16.5. The summed E-state index contributed by atoms with van der Waals surface area (Å²) in [6, 6.07) is 10.1. The van der Waals surface area contributed by atoms with Crippen molar-refractivity contribution in [1.82, 2.24) is 20.3 Å². The standard InChI is InChI=1S/C29H32FN5O/c1-5-16-7-6-8-17-11-20(36)12-21(23(16)17)25-24(30)26-22(13-31-25)27(34-28(33-26)29(2,3)4)35-14-18-9-10-19(15-35)32-18/h6-8,11-13,18-19,32,36H,5,9-10,14-15H2,1-4H3. The van der Waals surface area contributed by atoms with E-state index in [-0.39, 0.29) is 22.4 Å². The zero-order valence-corrected chi connectivity index (χ0v) is 21.3. The lowest BCUT2D eigenvalue weighted by molar-refractivity contribution is 0.462. The summed E-state index contributed by atoms with van der Waals surface area (Å²) >= 11 is 0. The van der Waals surface area contributed by atoms with Crippen LogP contribution >= 0.6 is 0 Å². The number of hydrogen-bond donors (Lipinski definition) is 2. The molecule has 4 heterocycles. The van der Waals surface area contributed by atoms with Gasteiger partial charge in [-0.05, 0) is 47.7 Å². The molecule has 0 saturated carbocycles. The Morgan fingerprint density at radius 2 is 1.86 bits per heavy atom. The van der Waals surface area contributed by atoms with Crippen LogP contribution in [-0.4, -0.2) is 45.2 Å². The molecular formula is C29H32FN5O. The molecular weight excluding hydrogens is 453 g/mol. The zero-order valence-electron chi connectivity index (χ0n) is 21.3. The predicted octanol–water partition coefficient (Wildman–Crippen LogP) is 5.49. The van der Waals surface area contributed by atoms with Gasteiger partial charge in [0.05, 0.1) is 5.39 Å². The van der Waals surface area contributed by atoms with Crippen LogP contribution in [-0.2, 0) is 11.8 Å². The van der Waals surface area contributed by atoms with Crippen molar-refractivity contribution in [2.45, 2.75) is 64.5 Å². The van der Waals surface area contributed by atoms with Gasteiger partial charge in [0.1, 0.15) is 28.6 Å². The van der Waals surface area contributed by atoms with Gasteiger partial charge < -0.3 is 15.3 Å². The molecule has 2 aliphatic heterocycles. The minimum absolute atomic E-state index is 0.0853. The number of halogens is 1. The number of nitrogens with zero attached hydrogens (tertiary/aromatic N) is 4. The third-order valence-electron chi connectivity index (χ3n) is 7.53. The molecule has 0 aliphatic carbocycles. The molecule has 2 N–H and O–H groups in total. The van der Waals surface area contributed by atoms with Crippen molar-refractivity contribution in [1.29, 1.82) is 0 Å². The molecule has 2 aromatic carbocycles. The third-order valence-corrected chi connectivity index (χ3v) is 7.53. The topological polar surface area (TPSA) is 74.2 Å². The predicted molar refractivity (Wildman–Crippen MR) is 142 cm³/mol. The van der Waals surface area contributed by atoms with Crippen molar-refractivity contribution in [3.8, 4) is 17.0 Å². The lowest BCUT2D eigenvalue weighted by Gasteiger charge is -2.35. The first kappa shape index (κ1) is 23.1.